The monoisotopic (exact) mass is 467 g/mol. The van der Waals surface area contributed by atoms with E-state index in [1.165, 1.54) is 29.4 Å². The van der Waals surface area contributed by atoms with E-state index >= 15 is 0 Å². The number of nitrogens with zero attached hydrogens (tertiary/aromatic N) is 2. The zero-order valence-electron chi connectivity index (χ0n) is 17.6. The van der Waals surface area contributed by atoms with E-state index in [0.29, 0.717) is 27.8 Å². The molecule has 1 N–H and O–H groups in total. The number of nitrogens with one attached hydrogen (secondary N) is 1. The van der Waals surface area contributed by atoms with Gasteiger partial charge in [0.2, 0.25) is 5.91 Å². The maximum absolute atomic E-state index is 13.0. The molecule has 3 aromatic heterocycles. The van der Waals surface area contributed by atoms with Gasteiger partial charge in [-0.3, -0.25) is 4.79 Å². The maximum Gasteiger partial charge on any atom is 0.341 e. The molecule has 0 unspecified atom stereocenters. The van der Waals surface area contributed by atoms with Crippen molar-refractivity contribution in [3.05, 3.63) is 46.6 Å². The lowest BCUT2D eigenvalue weighted by Gasteiger charge is -2.12. The highest BCUT2D eigenvalue weighted by molar-refractivity contribution is 8.00. The number of benzene rings is 1. The smallest absolute Gasteiger partial charge is 0.341 e. The average molecular weight is 468 g/mol. The minimum atomic E-state index is -0.465. The van der Waals surface area contributed by atoms with E-state index in [1.807, 2.05) is 31.2 Å². The first-order chi connectivity index (χ1) is 15.6. The zero-order chi connectivity index (χ0) is 22.2. The summed E-state index contributed by atoms with van der Waals surface area (Å²) in [5.41, 5.74) is 3.56. The standard InChI is InChI=1S/C23H21N3O4S2/c1-3-29-23(28)17-14-8-6-10-16(14)32-21(17)26-20(27)12(2)31-22-19-18(24-11-25-22)13-7-4-5-9-15(13)30-19/h4-5,7,9,11-12H,3,6,8,10H2,1-2H3,(H,26,27)/t12-/m0/s1. The molecule has 1 aliphatic carbocycles. The van der Waals surface area contributed by atoms with Crippen molar-refractivity contribution >= 4 is 62.0 Å². The van der Waals surface area contributed by atoms with Gasteiger partial charge in [-0.1, -0.05) is 23.9 Å². The van der Waals surface area contributed by atoms with E-state index < -0.39 is 5.25 Å². The SMILES string of the molecule is CCOC(=O)c1c(NC(=O)[C@H](C)Sc2ncnc3c2oc2ccccc23)sc2c1CCC2. The van der Waals surface area contributed by atoms with E-state index in [9.17, 15) is 9.59 Å². The molecule has 7 nitrogen and oxygen atoms in total. The molecule has 1 atom stereocenters. The van der Waals surface area contributed by atoms with Crippen LogP contribution in [0, 0.1) is 0 Å². The summed E-state index contributed by atoms with van der Waals surface area (Å²) in [6.45, 7) is 3.88. The number of amides is 1. The van der Waals surface area contributed by atoms with Crippen molar-refractivity contribution in [2.45, 2.75) is 43.4 Å². The van der Waals surface area contributed by atoms with E-state index in [1.54, 1.807) is 6.92 Å². The van der Waals surface area contributed by atoms with Gasteiger partial charge in [-0.2, -0.15) is 0 Å². The molecule has 0 fully saturated rings. The summed E-state index contributed by atoms with van der Waals surface area (Å²) in [6, 6.07) is 7.67. The molecule has 0 spiro atoms. The molecule has 9 heteroatoms. The molecule has 4 aromatic rings. The second-order valence-corrected chi connectivity index (χ2v) is 9.92. The van der Waals surface area contributed by atoms with Crippen LogP contribution < -0.4 is 5.32 Å². The van der Waals surface area contributed by atoms with E-state index in [0.717, 1.165) is 46.2 Å². The number of anilines is 1. The summed E-state index contributed by atoms with van der Waals surface area (Å²) in [5.74, 6) is -0.578. The van der Waals surface area contributed by atoms with Crippen LogP contribution >= 0.6 is 23.1 Å². The highest BCUT2D eigenvalue weighted by Gasteiger charge is 2.29. The fraction of sp³-hybridized carbons (Fsp3) is 0.304. The largest absolute Gasteiger partial charge is 0.462 e. The second-order valence-electron chi connectivity index (χ2n) is 7.49. The third kappa shape index (κ3) is 3.65. The van der Waals surface area contributed by atoms with Crippen LogP contribution in [-0.4, -0.2) is 33.7 Å². The molecule has 1 aromatic carbocycles. The molecule has 0 radical (unpaired) electrons. The number of carbonyl (C=O) groups is 2. The Morgan fingerprint density at radius 3 is 2.97 bits per heavy atom. The molecular formula is C23H21N3O4S2. The Bertz CT molecular complexity index is 1340. The Kier molecular flexibility index (Phi) is 5.60. The van der Waals surface area contributed by atoms with Crippen LogP contribution in [0.4, 0.5) is 5.00 Å². The number of hydrogen-bond donors (Lipinski definition) is 1. The lowest BCUT2D eigenvalue weighted by atomic mass is 10.1. The predicted molar refractivity (Wildman–Crippen MR) is 126 cm³/mol. The third-order valence-electron chi connectivity index (χ3n) is 5.42. The number of rotatable bonds is 6. The number of aryl methyl sites for hydroxylation is 1. The normalized spacial score (nSPS) is 13.9. The average Bonchev–Trinajstić information content (AvgIpc) is 3.47. The topological polar surface area (TPSA) is 94.3 Å². The molecule has 32 heavy (non-hydrogen) atoms. The molecule has 0 bridgehead atoms. The summed E-state index contributed by atoms with van der Waals surface area (Å²) in [7, 11) is 0. The Balaban J connectivity index is 1.39. The van der Waals surface area contributed by atoms with E-state index in [4.69, 9.17) is 9.15 Å². The number of carbonyl (C=O) groups excluding carboxylic acids is 2. The molecule has 1 amide bonds. The zero-order valence-corrected chi connectivity index (χ0v) is 19.3. The van der Waals surface area contributed by atoms with Gasteiger partial charge in [-0.25, -0.2) is 14.8 Å². The van der Waals surface area contributed by atoms with Crippen LogP contribution in [0.2, 0.25) is 0 Å². The fourth-order valence-electron chi connectivity index (χ4n) is 3.93. The highest BCUT2D eigenvalue weighted by Crippen LogP contribution is 2.40. The predicted octanol–water partition coefficient (Wildman–Crippen LogP) is 5.22. The minimum absolute atomic E-state index is 0.205. The molecule has 3 heterocycles. The summed E-state index contributed by atoms with van der Waals surface area (Å²) < 4.78 is 11.2. The summed E-state index contributed by atoms with van der Waals surface area (Å²) >= 11 is 2.78. The molecule has 1 aliphatic rings. The van der Waals surface area contributed by atoms with Crippen LogP contribution in [-0.2, 0) is 22.4 Å². The van der Waals surface area contributed by atoms with Crippen LogP contribution in [0.5, 0.6) is 0 Å². The number of furan rings is 1. The Labute approximate surface area is 192 Å². The van der Waals surface area contributed by atoms with Gasteiger partial charge in [0, 0.05) is 10.3 Å². The number of aromatic nitrogens is 2. The van der Waals surface area contributed by atoms with Crippen molar-refractivity contribution < 1.29 is 18.7 Å². The van der Waals surface area contributed by atoms with Crippen LogP contribution in [0.1, 0.15) is 41.1 Å². The van der Waals surface area contributed by atoms with Gasteiger partial charge in [-0.15, -0.1) is 11.3 Å². The number of esters is 1. The first kappa shape index (κ1) is 21.0. The van der Waals surface area contributed by atoms with Gasteiger partial charge in [0.05, 0.1) is 17.4 Å². The molecule has 164 valence electrons. The second kappa shape index (κ2) is 8.55. The van der Waals surface area contributed by atoms with Crippen molar-refractivity contribution in [1.82, 2.24) is 9.97 Å². The third-order valence-corrected chi connectivity index (χ3v) is 7.71. The Hall–Kier alpha value is -2.91. The molecule has 0 saturated heterocycles. The summed E-state index contributed by atoms with van der Waals surface area (Å²) in [4.78, 5) is 35.5. The summed E-state index contributed by atoms with van der Waals surface area (Å²) in [5, 5.41) is 4.58. The molecule has 5 rings (SSSR count). The van der Waals surface area contributed by atoms with E-state index in [2.05, 4.69) is 15.3 Å². The van der Waals surface area contributed by atoms with Crippen LogP contribution in [0.15, 0.2) is 40.0 Å². The van der Waals surface area contributed by atoms with Gasteiger partial charge >= 0.3 is 5.97 Å². The Morgan fingerprint density at radius 2 is 2.12 bits per heavy atom. The number of thiophene rings is 1. The molecular weight excluding hydrogens is 446 g/mol. The first-order valence-corrected chi connectivity index (χ1v) is 12.2. The van der Waals surface area contributed by atoms with Gasteiger partial charge in [-0.05, 0) is 50.8 Å². The van der Waals surface area contributed by atoms with Crippen LogP contribution in [0.25, 0.3) is 22.1 Å². The highest BCUT2D eigenvalue weighted by atomic mass is 32.2. The van der Waals surface area contributed by atoms with Crippen molar-refractivity contribution in [2.24, 2.45) is 0 Å². The maximum atomic E-state index is 13.0. The molecule has 0 saturated carbocycles. The van der Waals surface area contributed by atoms with Gasteiger partial charge in [0.1, 0.15) is 27.5 Å². The fourth-order valence-corrected chi connectivity index (χ4v) is 6.07. The Morgan fingerprint density at radius 1 is 1.28 bits per heavy atom. The number of ether oxygens (including phenoxy) is 1. The number of hydrogen-bond acceptors (Lipinski definition) is 8. The van der Waals surface area contributed by atoms with Gasteiger partial charge in [0.15, 0.2) is 5.58 Å². The van der Waals surface area contributed by atoms with E-state index in [-0.39, 0.29) is 11.9 Å². The number of fused-ring (bicyclic) bond motifs is 4. The minimum Gasteiger partial charge on any atom is -0.462 e. The van der Waals surface area contributed by atoms with Crippen molar-refractivity contribution in [3.63, 3.8) is 0 Å². The van der Waals surface area contributed by atoms with Crippen molar-refractivity contribution in [2.75, 3.05) is 11.9 Å². The van der Waals surface area contributed by atoms with Gasteiger partial charge in [0.25, 0.3) is 0 Å². The number of para-hydroxylation sites is 1. The lowest BCUT2D eigenvalue weighted by Crippen LogP contribution is -2.23. The number of thioether (sulfide) groups is 1. The quantitative estimate of drug-likeness (QED) is 0.236. The lowest BCUT2D eigenvalue weighted by molar-refractivity contribution is -0.115. The summed E-state index contributed by atoms with van der Waals surface area (Å²) in [6.07, 6.45) is 4.28. The molecule has 0 aliphatic heterocycles. The first-order valence-electron chi connectivity index (χ1n) is 10.5. The van der Waals surface area contributed by atoms with Crippen molar-refractivity contribution in [1.29, 1.82) is 0 Å². The van der Waals surface area contributed by atoms with Crippen LogP contribution in [0.3, 0.4) is 0 Å². The van der Waals surface area contributed by atoms with Crippen molar-refractivity contribution in [3.8, 4) is 0 Å². The van der Waals surface area contributed by atoms with Gasteiger partial charge < -0.3 is 14.5 Å².